The summed E-state index contributed by atoms with van der Waals surface area (Å²) in [4.78, 5) is 36.0. The molecule has 25 heavy (non-hydrogen) atoms. The average Bonchev–Trinajstić information content (AvgIpc) is 2.94. The molecular weight excluding hydrogens is 326 g/mol. The maximum absolute atomic E-state index is 12.4. The van der Waals surface area contributed by atoms with Gasteiger partial charge in [-0.3, -0.25) is 4.79 Å². The van der Waals surface area contributed by atoms with E-state index < -0.39 is 29.5 Å². The van der Waals surface area contributed by atoms with Crippen molar-refractivity contribution in [2.24, 2.45) is 5.92 Å². The van der Waals surface area contributed by atoms with Crippen LogP contribution >= 0.6 is 0 Å². The average molecular weight is 353 g/mol. The molecule has 0 aliphatic carbocycles. The highest BCUT2D eigenvalue weighted by Gasteiger charge is 2.32. The highest BCUT2D eigenvalue weighted by Crippen LogP contribution is 2.19. The van der Waals surface area contributed by atoms with Gasteiger partial charge in [0.25, 0.3) is 5.91 Å². The molecule has 0 aromatic carbocycles. The topological polar surface area (TPSA) is 106 Å². The first-order chi connectivity index (χ1) is 11.5. The third-order valence-corrected chi connectivity index (χ3v) is 3.74. The summed E-state index contributed by atoms with van der Waals surface area (Å²) in [7, 11) is 0. The van der Waals surface area contributed by atoms with E-state index in [4.69, 9.17) is 14.3 Å². The second-order valence-corrected chi connectivity index (χ2v) is 6.98. The van der Waals surface area contributed by atoms with Gasteiger partial charge in [-0.05, 0) is 26.7 Å². The van der Waals surface area contributed by atoms with Crippen LogP contribution in [0.5, 0.6) is 0 Å². The highest BCUT2D eigenvalue weighted by molar-refractivity contribution is 5.98. The molecule has 7 nitrogen and oxygen atoms in total. The molecule has 1 aromatic rings. The zero-order chi connectivity index (χ0) is 19.4. The number of carboxylic acids is 1. The van der Waals surface area contributed by atoms with Crippen molar-refractivity contribution in [2.75, 3.05) is 0 Å². The molecule has 1 rings (SSSR count). The van der Waals surface area contributed by atoms with Gasteiger partial charge in [0, 0.05) is 12.5 Å². The van der Waals surface area contributed by atoms with Gasteiger partial charge in [0.2, 0.25) is 0 Å². The number of rotatable bonds is 7. The second kappa shape index (κ2) is 8.18. The number of hydrogen-bond donors (Lipinski definition) is 2. The maximum atomic E-state index is 12.4. The molecule has 2 atom stereocenters. The molecule has 0 fully saturated rings. The molecule has 0 radical (unpaired) electrons. The Morgan fingerprint density at radius 3 is 2.28 bits per heavy atom. The van der Waals surface area contributed by atoms with Gasteiger partial charge in [0.05, 0.1) is 0 Å². The Hall–Kier alpha value is -2.31. The van der Waals surface area contributed by atoms with E-state index in [1.165, 1.54) is 6.07 Å². The summed E-state index contributed by atoms with van der Waals surface area (Å²) >= 11 is 0. The van der Waals surface area contributed by atoms with E-state index in [9.17, 15) is 14.4 Å². The number of furan rings is 1. The fraction of sp³-hybridized carbons (Fsp3) is 0.611. The van der Waals surface area contributed by atoms with E-state index in [2.05, 4.69) is 5.32 Å². The van der Waals surface area contributed by atoms with Gasteiger partial charge in [-0.15, -0.1) is 0 Å². The lowest BCUT2D eigenvalue weighted by atomic mass is 9.98. The number of amides is 1. The number of aromatic carboxylic acids is 1. The summed E-state index contributed by atoms with van der Waals surface area (Å²) in [6.45, 7) is 10.7. The fourth-order valence-electron chi connectivity index (χ4n) is 2.23. The minimum absolute atomic E-state index is 0.0509. The van der Waals surface area contributed by atoms with Crippen molar-refractivity contribution in [1.29, 1.82) is 0 Å². The van der Waals surface area contributed by atoms with Crippen LogP contribution in [0.2, 0.25) is 0 Å². The smallest absolute Gasteiger partial charge is 0.339 e. The van der Waals surface area contributed by atoms with Gasteiger partial charge in [-0.25, -0.2) is 9.59 Å². The van der Waals surface area contributed by atoms with Crippen molar-refractivity contribution in [3.05, 3.63) is 23.2 Å². The van der Waals surface area contributed by atoms with Crippen LogP contribution in [0, 0.1) is 5.92 Å². The van der Waals surface area contributed by atoms with Gasteiger partial charge in [-0.2, -0.15) is 0 Å². The van der Waals surface area contributed by atoms with E-state index in [-0.39, 0.29) is 23.0 Å². The predicted octanol–water partition coefficient (Wildman–Crippen LogP) is 3.03. The Bertz CT molecular complexity index is 640. The molecule has 1 aromatic heterocycles. The SMILES string of the molecule is CCc1oc(C(=O)N[C@H](C(=O)OC(C)(C)C)[C@@H](C)CC)cc1C(=O)O. The second-order valence-electron chi connectivity index (χ2n) is 6.98. The molecule has 0 saturated heterocycles. The molecule has 140 valence electrons. The molecule has 7 heteroatoms. The molecule has 2 N–H and O–H groups in total. The number of carbonyl (C=O) groups is 3. The van der Waals surface area contributed by atoms with Crippen LogP contribution in [-0.2, 0) is 16.0 Å². The summed E-state index contributed by atoms with van der Waals surface area (Å²) in [6.07, 6.45) is 0.999. The van der Waals surface area contributed by atoms with E-state index in [1.54, 1.807) is 27.7 Å². The Kier molecular flexibility index (Phi) is 6.78. The molecule has 0 aliphatic rings. The fourth-order valence-corrected chi connectivity index (χ4v) is 2.23. The van der Waals surface area contributed by atoms with Crippen molar-refractivity contribution < 1.29 is 28.6 Å². The molecule has 0 saturated carbocycles. The highest BCUT2D eigenvalue weighted by atomic mass is 16.6. The summed E-state index contributed by atoms with van der Waals surface area (Å²) in [5, 5.41) is 11.8. The number of carboxylic acid groups (broad SMARTS) is 1. The van der Waals surface area contributed by atoms with Crippen molar-refractivity contribution >= 4 is 17.8 Å². The van der Waals surface area contributed by atoms with Crippen LogP contribution in [0.1, 0.15) is 74.6 Å². The summed E-state index contributed by atoms with van der Waals surface area (Å²) < 4.78 is 10.7. The van der Waals surface area contributed by atoms with Crippen LogP contribution in [-0.4, -0.2) is 34.6 Å². The zero-order valence-electron chi connectivity index (χ0n) is 15.6. The first-order valence-corrected chi connectivity index (χ1v) is 8.39. The van der Waals surface area contributed by atoms with Crippen LogP contribution in [0.25, 0.3) is 0 Å². The van der Waals surface area contributed by atoms with Crippen LogP contribution < -0.4 is 5.32 Å². The monoisotopic (exact) mass is 353 g/mol. The third kappa shape index (κ3) is 5.62. The van der Waals surface area contributed by atoms with E-state index in [1.807, 2.05) is 13.8 Å². The lowest BCUT2D eigenvalue weighted by molar-refractivity contribution is -0.158. The minimum atomic E-state index is -1.16. The molecule has 0 unspecified atom stereocenters. The van der Waals surface area contributed by atoms with Crippen molar-refractivity contribution in [3.8, 4) is 0 Å². The number of hydrogen-bond acceptors (Lipinski definition) is 5. The lowest BCUT2D eigenvalue weighted by Gasteiger charge is -2.27. The summed E-state index contributed by atoms with van der Waals surface area (Å²) in [6, 6.07) is 0.333. The van der Waals surface area contributed by atoms with Crippen LogP contribution in [0.4, 0.5) is 0 Å². The predicted molar refractivity (Wildman–Crippen MR) is 91.6 cm³/mol. The largest absolute Gasteiger partial charge is 0.478 e. The van der Waals surface area contributed by atoms with Crippen LogP contribution in [0.3, 0.4) is 0 Å². The Balaban J connectivity index is 3.02. The summed E-state index contributed by atoms with van der Waals surface area (Å²) in [5.74, 6) is -2.40. The minimum Gasteiger partial charge on any atom is -0.478 e. The Labute approximate surface area is 147 Å². The van der Waals surface area contributed by atoms with E-state index >= 15 is 0 Å². The van der Waals surface area contributed by atoms with Gasteiger partial charge in [-0.1, -0.05) is 27.2 Å². The first-order valence-electron chi connectivity index (χ1n) is 8.39. The van der Waals surface area contributed by atoms with Gasteiger partial charge >= 0.3 is 11.9 Å². The summed E-state index contributed by atoms with van der Waals surface area (Å²) in [5.41, 5.74) is -0.727. The first kappa shape index (κ1) is 20.7. The van der Waals surface area contributed by atoms with Gasteiger partial charge < -0.3 is 19.6 Å². The number of esters is 1. The zero-order valence-corrected chi connectivity index (χ0v) is 15.6. The van der Waals surface area contributed by atoms with Crippen molar-refractivity contribution in [3.63, 3.8) is 0 Å². The Morgan fingerprint density at radius 2 is 1.88 bits per heavy atom. The standard InChI is InChI=1S/C18H27NO6/c1-7-10(3)14(17(23)25-18(4,5)6)19-15(20)13-9-11(16(21)22)12(8-2)24-13/h9-10,14H,7-8H2,1-6H3,(H,19,20)(H,21,22)/t10-,14-/m0/s1. The third-order valence-electron chi connectivity index (χ3n) is 3.74. The van der Waals surface area contributed by atoms with E-state index in [0.717, 1.165) is 0 Å². The molecule has 0 spiro atoms. The number of aryl methyl sites for hydroxylation is 1. The Morgan fingerprint density at radius 1 is 1.28 bits per heavy atom. The lowest BCUT2D eigenvalue weighted by Crippen LogP contribution is -2.47. The quantitative estimate of drug-likeness (QED) is 0.730. The van der Waals surface area contributed by atoms with Gasteiger partial charge in [0.1, 0.15) is 23.0 Å². The number of ether oxygens (including phenoxy) is 1. The van der Waals surface area contributed by atoms with Crippen molar-refractivity contribution in [2.45, 2.75) is 66.0 Å². The molecule has 1 heterocycles. The normalized spacial score (nSPS) is 13.8. The molecule has 1 amide bonds. The molecule has 0 aliphatic heterocycles. The molecular formula is C18H27NO6. The van der Waals surface area contributed by atoms with Crippen LogP contribution in [0.15, 0.2) is 10.5 Å². The molecule has 0 bridgehead atoms. The number of nitrogens with one attached hydrogen (secondary N) is 1. The number of carbonyl (C=O) groups excluding carboxylic acids is 2. The maximum Gasteiger partial charge on any atom is 0.339 e. The van der Waals surface area contributed by atoms with E-state index in [0.29, 0.717) is 12.8 Å². The van der Waals surface area contributed by atoms with Crippen molar-refractivity contribution in [1.82, 2.24) is 5.32 Å². The van der Waals surface area contributed by atoms with Gasteiger partial charge in [0.15, 0.2) is 5.76 Å².